The Morgan fingerprint density at radius 2 is 1.85 bits per heavy atom. The maximum absolute atomic E-state index is 8.26. The van der Waals surface area contributed by atoms with Crippen LogP contribution in [0.2, 0.25) is 0 Å². The maximum Gasteiger partial charge on any atom is 0.0499 e. The fourth-order valence-electron chi connectivity index (χ4n) is 0.947. The minimum atomic E-state index is 0.348. The Labute approximate surface area is 74.1 Å². The average Bonchev–Trinajstić information content (AvgIpc) is 2.11. The number of hydrogen-bond acceptors (Lipinski definition) is 2. The highest BCUT2D eigenvalue weighted by molar-refractivity contribution is 5.65. The van der Waals surface area contributed by atoms with Crippen molar-refractivity contribution in [3.63, 3.8) is 0 Å². The topological polar surface area (TPSA) is 97.5 Å². The van der Waals surface area contributed by atoms with E-state index >= 15 is 0 Å². The Hall–Kier alpha value is -2.16. The van der Waals surface area contributed by atoms with E-state index in [9.17, 15) is 0 Å². The molecule has 0 aromatic heterocycles. The molecule has 1 aromatic carbocycles. The molecule has 0 saturated carbocycles. The Balaban J connectivity index is 3.41. The van der Waals surface area contributed by atoms with Crippen molar-refractivity contribution in [2.24, 2.45) is 10.2 Å². The van der Waals surface area contributed by atoms with E-state index in [2.05, 4.69) is 20.1 Å². The molecule has 0 N–H and O–H groups in total. The quantitative estimate of drug-likeness (QED) is 0.369. The lowest BCUT2D eigenvalue weighted by molar-refractivity contribution is 1.34. The Morgan fingerprint density at radius 3 is 2.46 bits per heavy atom. The first-order valence-corrected chi connectivity index (χ1v) is 3.49. The van der Waals surface area contributed by atoms with Crippen molar-refractivity contribution >= 4 is 11.4 Å². The second kappa shape index (κ2) is 4.01. The van der Waals surface area contributed by atoms with Crippen LogP contribution in [0.3, 0.4) is 0 Å². The van der Waals surface area contributed by atoms with Crippen LogP contribution in [-0.4, -0.2) is 0 Å². The van der Waals surface area contributed by atoms with Crippen molar-refractivity contribution in [1.29, 1.82) is 0 Å². The number of benzene rings is 1. The first kappa shape index (κ1) is 8.93. The molecule has 1 rings (SSSR count). The van der Waals surface area contributed by atoms with Crippen LogP contribution in [0.5, 0.6) is 0 Å². The molecule has 0 radical (unpaired) electrons. The molecule has 0 aliphatic heterocycles. The van der Waals surface area contributed by atoms with Crippen molar-refractivity contribution in [2.45, 2.75) is 6.92 Å². The fraction of sp³-hybridized carbons (Fsp3) is 0.143. The molecule has 0 fully saturated rings. The number of aryl methyl sites for hydroxylation is 1. The maximum atomic E-state index is 8.26. The zero-order valence-electron chi connectivity index (χ0n) is 6.92. The van der Waals surface area contributed by atoms with Gasteiger partial charge in [-0.05, 0) is 23.5 Å². The largest absolute Gasteiger partial charge is 0.0615 e. The summed E-state index contributed by atoms with van der Waals surface area (Å²) < 4.78 is 0. The van der Waals surface area contributed by atoms with Crippen molar-refractivity contribution in [1.82, 2.24) is 0 Å². The SMILES string of the molecule is Cc1cccc(N=[N+]=[N-])c1N=[N+]=[N-]. The summed E-state index contributed by atoms with van der Waals surface area (Å²) in [5.41, 5.74) is 18.0. The molecule has 0 unspecified atom stereocenters. The second-order valence-electron chi connectivity index (χ2n) is 2.32. The Bertz CT molecular complexity index is 411. The first-order chi connectivity index (χ1) is 6.29. The van der Waals surface area contributed by atoms with Crippen molar-refractivity contribution in [3.05, 3.63) is 44.6 Å². The van der Waals surface area contributed by atoms with Crippen LogP contribution < -0.4 is 0 Å². The highest BCUT2D eigenvalue weighted by atomic mass is 15.2. The van der Waals surface area contributed by atoms with Crippen molar-refractivity contribution < 1.29 is 0 Å². The van der Waals surface area contributed by atoms with Gasteiger partial charge in [-0.2, -0.15) is 0 Å². The lowest BCUT2D eigenvalue weighted by Gasteiger charge is -2.00. The fourth-order valence-corrected chi connectivity index (χ4v) is 0.947. The van der Waals surface area contributed by atoms with E-state index in [1.54, 1.807) is 25.1 Å². The molecule has 0 saturated heterocycles. The van der Waals surface area contributed by atoms with Crippen molar-refractivity contribution in [3.8, 4) is 0 Å². The van der Waals surface area contributed by atoms with E-state index in [-0.39, 0.29) is 0 Å². The molecule has 0 spiro atoms. The van der Waals surface area contributed by atoms with Gasteiger partial charge in [0.2, 0.25) is 0 Å². The predicted molar refractivity (Wildman–Crippen MR) is 48.8 cm³/mol. The summed E-state index contributed by atoms with van der Waals surface area (Å²) >= 11 is 0. The monoisotopic (exact) mass is 174 g/mol. The van der Waals surface area contributed by atoms with Crippen LogP contribution in [0, 0.1) is 6.92 Å². The Morgan fingerprint density at radius 1 is 1.15 bits per heavy atom. The first-order valence-electron chi connectivity index (χ1n) is 3.49. The molecular weight excluding hydrogens is 168 g/mol. The standard InChI is InChI=1S/C7H6N6/c1-5-3-2-4-6(10-12-8)7(5)11-13-9/h2-4H,1H3. The van der Waals surface area contributed by atoms with Crippen LogP contribution in [0.1, 0.15) is 5.56 Å². The van der Waals surface area contributed by atoms with E-state index in [1.165, 1.54) is 0 Å². The zero-order chi connectivity index (χ0) is 9.68. The van der Waals surface area contributed by atoms with Gasteiger partial charge in [-0.3, -0.25) is 0 Å². The minimum Gasteiger partial charge on any atom is -0.0615 e. The van der Waals surface area contributed by atoms with E-state index in [1.807, 2.05) is 0 Å². The molecule has 0 heterocycles. The Kier molecular flexibility index (Phi) is 2.76. The molecule has 1 aromatic rings. The van der Waals surface area contributed by atoms with Crippen LogP contribution in [0.4, 0.5) is 11.4 Å². The lowest BCUT2D eigenvalue weighted by atomic mass is 10.2. The molecular formula is C7H6N6. The van der Waals surface area contributed by atoms with Gasteiger partial charge in [0.1, 0.15) is 0 Å². The summed E-state index contributed by atoms with van der Waals surface area (Å²) in [5, 5.41) is 6.84. The summed E-state index contributed by atoms with van der Waals surface area (Å²) in [7, 11) is 0. The summed E-state index contributed by atoms with van der Waals surface area (Å²) in [6.45, 7) is 1.78. The van der Waals surface area contributed by atoms with Gasteiger partial charge in [0.05, 0.1) is 0 Å². The van der Waals surface area contributed by atoms with E-state index < -0.39 is 0 Å². The third-order valence-corrected chi connectivity index (χ3v) is 1.51. The highest BCUT2D eigenvalue weighted by Gasteiger charge is 2.00. The average molecular weight is 174 g/mol. The van der Waals surface area contributed by atoms with E-state index in [0.29, 0.717) is 11.4 Å². The van der Waals surface area contributed by atoms with Crippen LogP contribution in [0.15, 0.2) is 28.4 Å². The van der Waals surface area contributed by atoms with Gasteiger partial charge < -0.3 is 0 Å². The van der Waals surface area contributed by atoms with Gasteiger partial charge in [-0.25, -0.2) is 0 Å². The third-order valence-electron chi connectivity index (χ3n) is 1.51. The van der Waals surface area contributed by atoms with Crippen LogP contribution >= 0.6 is 0 Å². The molecule has 0 aliphatic rings. The highest BCUT2D eigenvalue weighted by Crippen LogP contribution is 2.31. The number of nitrogens with zero attached hydrogens (tertiary/aromatic N) is 6. The predicted octanol–water partition coefficient (Wildman–Crippen LogP) is 3.88. The van der Waals surface area contributed by atoms with E-state index in [0.717, 1.165) is 5.56 Å². The van der Waals surface area contributed by atoms with Gasteiger partial charge in [0.25, 0.3) is 0 Å². The van der Waals surface area contributed by atoms with Gasteiger partial charge in [0.15, 0.2) is 0 Å². The molecule has 0 atom stereocenters. The molecule has 0 aliphatic carbocycles. The van der Waals surface area contributed by atoms with E-state index in [4.69, 9.17) is 11.1 Å². The molecule has 13 heavy (non-hydrogen) atoms. The van der Waals surface area contributed by atoms with Gasteiger partial charge in [-0.1, -0.05) is 28.4 Å². The smallest absolute Gasteiger partial charge is 0.0499 e. The molecule has 0 bridgehead atoms. The summed E-state index contributed by atoms with van der Waals surface area (Å²) in [6.07, 6.45) is 0. The van der Waals surface area contributed by atoms with Gasteiger partial charge in [0, 0.05) is 21.2 Å². The summed E-state index contributed by atoms with van der Waals surface area (Å²) in [4.78, 5) is 5.28. The zero-order valence-corrected chi connectivity index (χ0v) is 6.92. The second-order valence-corrected chi connectivity index (χ2v) is 2.32. The molecule has 0 amide bonds. The summed E-state index contributed by atoms with van der Waals surface area (Å²) in [6, 6.07) is 5.10. The summed E-state index contributed by atoms with van der Waals surface area (Å²) in [5.74, 6) is 0. The van der Waals surface area contributed by atoms with Crippen LogP contribution in [0.25, 0.3) is 20.9 Å². The van der Waals surface area contributed by atoms with Crippen LogP contribution in [-0.2, 0) is 0 Å². The number of azide groups is 2. The number of hydrogen-bond donors (Lipinski definition) is 0. The minimum absolute atomic E-state index is 0.348. The van der Waals surface area contributed by atoms with Gasteiger partial charge in [-0.15, -0.1) is 0 Å². The molecule has 6 heteroatoms. The number of rotatable bonds is 2. The molecule has 6 nitrogen and oxygen atoms in total. The van der Waals surface area contributed by atoms with Crippen molar-refractivity contribution in [2.75, 3.05) is 0 Å². The normalized spacial score (nSPS) is 8.38. The molecule has 64 valence electrons. The third kappa shape index (κ3) is 1.90. The lowest BCUT2D eigenvalue weighted by Crippen LogP contribution is -1.72. The van der Waals surface area contributed by atoms with Gasteiger partial charge >= 0.3 is 0 Å².